The molecule has 0 aromatic heterocycles. The molecule has 0 saturated heterocycles. The Morgan fingerprint density at radius 3 is 2.18 bits per heavy atom. The van der Waals surface area contributed by atoms with Crippen molar-refractivity contribution < 1.29 is 19.1 Å². The van der Waals surface area contributed by atoms with E-state index in [0.29, 0.717) is 13.2 Å². The monoisotopic (exact) mass is 315 g/mol. The summed E-state index contributed by atoms with van der Waals surface area (Å²) in [5, 5.41) is 2.49. The average molecular weight is 315 g/mol. The van der Waals surface area contributed by atoms with Gasteiger partial charge in [-0.25, -0.2) is 9.59 Å². The van der Waals surface area contributed by atoms with Crippen LogP contribution < -0.4 is 5.32 Å². The van der Waals surface area contributed by atoms with E-state index >= 15 is 0 Å². The van der Waals surface area contributed by atoms with Crippen molar-refractivity contribution in [1.82, 2.24) is 5.32 Å². The molecule has 0 rings (SSSR count). The van der Waals surface area contributed by atoms with E-state index in [0.717, 1.165) is 12.8 Å². The Labute approximate surface area is 135 Å². The number of ether oxygens (including phenoxy) is 2. The second kappa shape index (κ2) is 11.3. The van der Waals surface area contributed by atoms with Crippen LogP contribution in [-0.2, 0) is 14.3 Å². The molecule has 0 aliphatic rings. The van der Waals surface area contributed by atoms with Gasteiger partial charge in [0, 0.05) is 0 Å². The van der Waals surface area contributed by atoms with Crippen molar-refractivity contribution in [2.75, 3.05) is 13.2 Å². The van der Waals surface area contributed by atoms with Gasteiger partial charge < -0.3 is 14.8 Å². The van der Waals surface area contributed by atoms with Crippen LogP contribution >= 0.6 is 0 Å². The Bertz CT molecular complexity index is 323. The summed E-state index contributed by atoms with van der Waals surface area (Å²) in [7, 11) is 0. The number of amides is 1. The minimum atomic E-state index is -0.687. The zero-order valence-electron chi connectivity index (χ0n) is 14.9. The summed E-state index contributed by atoms with van der Waals surface area (Å²) in [4.78, 5) is 23.3. The Balaban J connectivity index is 3.72. The minimum Gasteiger partial charge on any atom is -0.464 e. The lowest BCUT2D eigenvalue weighted by atomic mass is 9.99. The maximum absolute atomic E-state index is 11.7. The molecule has 0 aromatic carbocycles. The fraction of sp³-hybridized carbons (Fsp3) is 0.882. The van der Waals surface area contributed by atoms with E-state index in [-0.39, 0.29) is 5.41 Å². The number of hydrogen-bond acceptors (Lipinski definition) is 4. The molecule has 1 amide bonds. The van der Waals surface area contributed by atoms with Crippen molar-refractivity contribution in [2.45, 2.75) is 79.2 Å². The molecule has 0 bridgehead atoms. The van der Waals surface area contributed by atoms with Crippen molar-refractivity contribution in [2.24, 2.45) is 5.41 Å². The molecule has 0 radical (unpaired) electrons. The van der Waals surface area contributed by atoms with Crippen LogP contribution in [0.3, 0.4) is 0 Å². The van der Waals surface area contributed by atoms with Crippen molar-refractivity contribution in [3.63, 3.8) is 0 Å². The number of carbonyl (C=O) groups is 2. The zero-order chi connectivity index (χ0) is 17.0. The van der Waals surface area contributed by atoms with Crippen LogP contribution in [0.5, 0.6) is 0 Å². The number of nitrogens with one attached hydrogen (secondary N) is 1. The number of esters is 1. The highest BCUT2D eigenvalue weighted by Crippen LogP contribution is 2.12. The van der Waals surface area contributed by atoms with Gasteiger partial charge >= 0.3 is 12.1 Å². The molecule has 0 fully saturated rings. The molecule has 0 aliphatic heterocycles. The second-order valence-electron chi connectivity index (χ2n) is 6.94. The summed E-state index contributed by atoms with van der Waals surface area (Å²) in [5.74, 6) is -0.415. The predicted molar refractivity (Wildman–Crippen MR) is 87.7 cm³/mol. The maximum atomic E-state index is 11.7. The normalized spacial score (nSPS) is 12.6. The molecule has 22 heavy (non-hydrogen) atoms. The highest BCUT2D eigenvalue weighted by molar-refractivity contribution is 5.80. The third-order valence-electron chi connectivity index (χ3n) is 3.07. The molecule has 5 nitrogen and oxygen atoms in total. The molecular weight excluding hydrogens is 282 g/mol. The first kappa shape index (κ1) is 20.7. The number of alkyl carbamates (subject to hydrolysis) is 1. The van der Waals surface area contributed by atoms with Gasteiger partial charge in [-0.1, -0.05) is 59.8 Å². The summed E-state index contributed by atoms with van der Waals surface area (Å²) >= 11 is 0. The molecular formula is C17H33NO4. The Morgan fingerprint density at radius 2 is 1.59 bits per heavy atom. The van der Waals surface area contributed by atoms with Gasteiger partial charge in [0.25, 0.3) is 0 Å². The molecule has 0 heterocycles. The Morgan fingerprint density at radius 1 is 1.00 bits per heavy atom. The van der Waals surface area contributed by atoms with Gasteiger partial charge in [0.05, 0.1) is 13.2 Å². The number of hydrogen-bond donors (Lipinski definition) is 1. The standard InChI is InChI=1S/C17H33NO4/c1-6-7-8-9-10-11-12-21-15(19)14(2)18-16(20)22-13-17(3,4)5/h14H,6-13H2,1-5H3,(H,18,20). The molecule has 0 aromatic rings. The van der Waals surface area contributed by atoms with Crippen molar-refractivity contribution in [3.8, 4) is 0 Å². The summed E-state index contributed by atoms with van der Waals surface area (Å²) in [6, 6.07) is -0.687. The third kappa shape index (κ3) is 12.5. The van der Waals surface area contributed by atoms with Crippen molar-refractivity contribution in [1.29, 1.82) is 0 Å². The summed E-state index contributed by atoms with van der Waals surface area (Å²) in [5.41, 5.74) is -0.0984. The summed E-state index contributed by atoms with van der Waals surface area (Å²) in [6.45, 7) is 10.4. The first-order valence-electron chi connectivity index (χ1n) is 8.36. The fourth-order valence-corrected chi connectivity index (χ4v) is 1.74. The number of rotatable bonds is 10. The lowest BCUT2D eigenvalue weighted by Gasteiger charge is -2.19. The van der Waals surface area contributed by atoms with Gasteiger partial charge in [0.15, 0.2) is 0 Å². The SMILES string of the molecule is CCCCCCCCOC(=O)C(C)NC(=O)OCC(C)(C)C. The maximum Gasteiger partial charge on any atom is 0.407 e. The molecule has 1 atom stereocenters. The molecule has 0 aliphatic carbocycles. The first-order chi connectivity index (χ1) is 10.3. The van der Waals surface area contributed by atoms with E-state index in [9.17, 15) is 9.59 Å². The zero-order valence-corrected chi connectivity index (χ0v) is 14.9. The van der Waals surface area contributed by atoms with Crippen LogP contribution in [0.1, 0.15) is 73.1 Å². The third-order valence-corrected chi connectivity index (χ3v) is 3.07. The van der Waals surface area contributed by atoms with Crippen LogP contribution in [0.25, 0.3) is 0 Å². The Kier molecular flexibility index (Phi) is 10.7. The second-order valence-corrected chi connectivity index (χ2v) is 6.94. The van der Waals surface area contributed by atoms with Crippen LogP contribution in [0.4, 0.5) is 4.79 Å². The molecule has 1 unspecified atom stereocenters. The predicted octanol–water partition coefficient (Wildman–Crippen LogP) is 4.05. The van der Waals surface area contributed by atoms with E-state index in [1.165, 1.54) is 25.7 Å². The minimum absolute atomic E-state index is 0.0984. The van der Waals surface area contributed by atoms with Crippen molar-refractivity contribution >= 4 is 12.1 Å². The van der Waals surface area contributed by atoms with Crippen LogP contribution in [0, 0.1) is 5.41 Å². The van der Waals surface area contributed by atoms with Crippen LogP contribution in [0.2, 0.25) is 0 Å². The van der Waals surface area contributed by atoms with E-state index in [4.69, 9.17) is 9.47 Å². The van der Waals surface area contributed by atoms with E-state index < -0.39 is 18.1 Å². The molecule has 1 N–H and O–H groups in total. The van der Waals surface area contributed by atoms with Gasteiger partial charge in [-0.2, -0.15) is 0 Å². The largest absolute Gasteiger partial charge is 0.464 e. The van der Waals surface area contributed by atoms with Gasteiger partial charge in [-0.05, 0) is 18.8 Å². The Hall–Kier alpha value is -1.26. The van der Waals surface area contributed by atoms with E-state index in [1.807, 2.05) is 20.8 Å². The number of unbranched alkanes of at least 4 members (excludes halogenated alkanes) is 5. The van der Waals surface area contributed by atoms with Crippen LogP contribution in [0.15, 0.2) is 0 Å². The average Bonchev–Trinajstić information content (AvgIpc) is 2.43. The summed E-state index contributed by atoms with van der Waals surface area (Å²) < 4.78 is 10.2. The van der Waals surface area contributed by atoms with Gasteiger partial charge in [-0.3, -0.25) is 0 Å². The molecule has 130 valence electrons. The molecule has 0 spiro atoms. The first-order valence-corrected chi connectivity index (χ1v) is 8.36. The number of carbonyl (C=O) groups excluding carboxylic acids is 2. The van der Waals surface area contributed by atoms with Gasteiger partial charge in [0.2, 0.25) is 0 Å². The lowest BCUT2D eigenvalue weighted by Crippen LogP contribution is -2.40. The van der Waals surface area contributed by atoms with Crippen LogP contribution in [-0.4, -0.2) is 31.3 Å². The van der Waals surface area contributed by atoms with Gasteiger partial charge in [-0.15, -0.1) is 0 Å². The van der Waals surface area contributed by atoms with E-state index in [1.54, 1.807) is 6.92 Å². The smallest absolute Gasteiger partial charge is 0.407 e. The molecule has 5 heteroatoms. The quantitative estimate of drug-likeness (QED) is 0.488. The topological polar surface area (TPSA) is 64.6 Å². The van der Waals surface area contributed by atoms with E-state index in [2.05, 4.69) is 12.2 Å². The fourth-order valence-electron chi connectivity index (χ4n) is 1.74. The summed E-state index contributed by atoms with van der Waals surface area (Å²) in [6.07, 6.45) is 6.26. The van der Waals surface area contributed by atoms with Crippen molar-refractivity contribution in [3.05, 3.63) is 0 Å². The van der Waals surface area contributed by atoms with Gasteiger partial charge in [0.1, 0.15) is 6.04 Å². The highest BCUT2D eigenvalue weighted by atomic mass is 16.6. The molecule has 0 saturated carbocycles. The highest BCUT2D eigenvalue weighted by Gasteiger charge is 2.19. The lowest BCUT2D eigenvalue weighted by molar-refractivity contribution is -0.145.